The summed E-state index contributed by atoms with van der Waals surface area (Å²) in [4.78, 5) is 63.2. The van der Waals surface area contributed by atoms with Crippen molar-refractivity contribution in [1.82, 2.24) is 24.5 Å². The van der Waals surface area contributed by atoms with Gasteiger partial charge in [-0.05, 0) is 59.2 Å². The van der Waals surface area contributed by atoms with E-state index in [1.807, 2.05) is 13.8 Å². The van der Waals surface area contributed by atoms with Gasteiger partial charge in [-0.3, -0.25) is 38.8 Å². The van der Waals surface area contributed by atoms with Crippen LogP contribution < -0.4 is 0 Å². The van der Waals surface area contributed by atoms with Crippen molar-refractivity contribution in [3.63, 3.8) is 0 Å². The third-order valence-corrected chi connectivity index (χ3v) is 9.38. The molecular formula is C49H91N5O7. The average Bonchev–Trinajstić information content (AvgIpc) is 4.10. The van der Waals surface area contributed by atoms with Gasteiger partial charge in [0, 0.05) is 83.3 Å². The number of carbonyl (C=O) groups is 5. The molecule has 5 amide bonds. The number of amides is 5. The van der Waals surface area contributed by atoms with Gasteiger partial charge in [0.15, 0.2) is 0 Å². The van der Waals surface area contributed by atoms with Gasteiger partial charge in [0.05, 0.1) is 7.11 Å². The maximum atomic E-state index is 11.0. The molecule has 0 aromatic carbocycles. The molecule has 0 radical (unpaired) electrons. The molecule has 354 valence electrons. The van der Waals surface area contributed by atoms with Crippen LogP contribution in [-0.2, 0) is 28.7 Å². The Kier molecular flexibility index (Phi) is 46.5. The number of nitrogens with zero attached hydrogens (tertiary/aromatic N) is 5. The number of methoxy groups -OCH3 is 1. The molecule has 0 aromatic rings. The first-order valence-electron chi connectivity index (χ1n) is 22.0. The van der Waals surface area contributed by atoms with E-state index in [0.29, 0.717) is 11.4 Å². The summed E-state index contributed by atoms with van der Waals surface area (Å²) >= 11 is 0. The Morgan fingerprint density at radius 3 is 0.984 bits per heavy atom. The second kappa shape index (κ2) is 44.3. The van der Waals surface area contributed by atoms with Crippen molar-refractivity contribution in [3.8, 4) is 0 Å². The zero-order valence-electron chi connectivity index (χ0n) is 37.3. The zero-order chi connectivity index (χ0) is 43.2. The molecule has 61 heavy (non-hydrogen) atoms. The highest BCUT2D eigenvalue weighted by atomic mass is 16.5. The lowest BCUT2D eigenvalue weighted by Crippen LogP contribution is -2.35. The van der Waals surface area contributed by atoms with Crippen molar-refractivity contribution >= 4 is 29.7 Å². The van der Waals surface area contributed by atoms with Gasteiger partial charge in [-0.25, -0.2) is 4.79 Å². The minimum atomic E-state index is -0.954. The third-order valence-electron chi connectivity index (χ3n) is 9.38. The molecule has 0 aromatic heterocycles. The highest BCUT2D eigenvalue weighted by Crippen LogP contribution is 2.07. The summed E-state index contributed by atoms with van der Waals surface area (Å²) < 4.78 is 9.01. The van der Waals surface area contributed by atoms with Crippen molar-refractivity contribution in [2.24, 2.45) is 0 Å². The normalized spacial score (nSPS) is 15.9. The number of hydrogen-bond acceptors (Lipinski definition) is 10. The van der Waals surface area contributed by atoms with Crippen LogP contribution in [0.15, 0.2) is 60.8 Å². The van der Waals surface area contributed by atoms with Crippen LogP contribution in [0.3, 0.4) is 0 Å². The van der Waals surface area contributed by atoms with Crippen LogP contribution in [0.5, 0.6) is 0 Å². The van der Waals surface area contributed by atoms with E-state index in [1.54, 1.807) is 0 Å². The first kappa shape index (κ1) is 63.9. The highest BCUT2D eigenvalue weighted by molar-refractivity contribution is 6.21. The van der Waals surface area contributed by atoms with Crippen molar-refractivity contribution in [1.29, 1.82) is 0 Å². The molecule has 0 N–H and O–H groups in total. The molecule has 5 rings (SSSR count). The van der Waals surface area contributed by atoms with Crippen LogP contribution in [0.1, 0.15) is 141 Å². The van der Waals surface area contributed by atoms with Gasteiger partial charge < -0.3 is 9.47 Å². The van der Waals surface area contributed by atoms with Crippen molar-refractivity contribution < 1.29 is 33.4 Å². The van der Waals surface area contributed by atoms with Gasteiger partial charge in [-0.1, -0.05) is 138 Å². The first-order chi connectivity index (χ1) is 28.1. The number of rotatable bonds is 18. The molecule has 0 atom stereocenters. The number of unbranched alkanes of at least 4 members (excludes halogenated alkanes) is 8. The Labute approximate surface area is 374 Å². The summed E-state index contributed by atoms with van der Waals surface area (Å²) in [5, 5.41) is 0. The zero-order valence-corrected chi connectivity index (χ0v) is 37.3. The van der Waals surface area contributed by atoms with Crippen LogP contribution in [0, 0.1) is 0 Å². The number of carbonyl (C=O) groups excluding carboxylic acids is 5. The predicted octanol–water partition coefficient (Wildman–Crippen LogP) is 9.88. The van der Waals surface area contributed by atoms with Crippen LogP contribution in [0.25, 0.3) is 0 Å². The van der Waals surface area contributed by atoms with E-state index in [2.05, 4.69) is 83.6 Å². The maximum Gasteiger partial charge on any atom is 0.423 e. The fraction of sp³-hybridized carbons (Fsp3) is 0.694. The Hall–Kier alpha value is -3.71. The topological polar surface area (TPSA) is 120 Å². The Morgan fingerprint density at radius 2 is 0.738 bits per heavy atom. The van der Waals surface area contributed by atoms with Gasteiger partial charge in [-0.2, -0.15) is 4.90 Å². The standard InChI is InChI=1S/C9H13NO2.3C9H17N.C6H5NO4.C4H10O.3CH4/c1-2-3-4-7-10-8(11)5-6-9(10)12;3*1-2-3-4-7-10-8-5-6-9-10;1-11-6(10)7-4(8)2-3-5(7)9;1-3-5-4-2;;;/h5-6H,2-4,7H2,1H3;3*5-6H,2-4,7-9H2,1H3;2-3H,1H3;3-4H2,1-2H3;3*1H4. The van der Waals surface area contributed by atoms with E-state index in [-0.39, 0.29) is 34.1 Å². The molecule has 0 aliphatic carbocycles. The van der Waals surface area contributed by atoms with Crippen LogP contribution in [0.2, 0.25) is 0 Å². The lowest BCUT2D eigenvalue weighted by Gasteiger charge is -2.13. The molecule has 12 heteroatoms. The SMILES string of the molecule is C.C.C.CCCCCN1C(=O)C=CC1=O.CCCCCN1CC=CC1.CCCCCN1CC=CC1.CCCCCN1CC=CC1.CCOCC.COC(=O)N1C(=O)C=CC1=O. The minimum absolute atomic E-state index is 0. The quantitative estimate of drug-likeness (QED) is 0.0749. The highest BCUT2D eigenvalue weighted by Gasteiger charge is 2.30. The molecule has 0 bridgehead atoms. The summed E-state index contributed by atoms with van der Waals surface area (Å²) in [6, 6.07) is 0. The van der Waals surface area contributed by atoms with E-state index >= 15 is 0 Å². The maximum absolute atomic E-state index is 11.0. The first-order valence-corrected chi connectivity index (χ1v) is 22.0. The molecule has 0 saturated carbocycles. The number of imide groups is 4. The van der Waals surface area contributed by atoms with Gasteiger partial charge >= 0.3 is 6.09 Å². The largest absolute Gasteiger partial charge is 0.452 e. The molecule has 0 fully saturated rings. The predicted molar refractivity (Wildman–Crippen MR) is 256 cm³/mol. The lowest BCUT2D eigenvalue weighted by atomic mass is 10.2. The summed E-state index contributed by atoms with van der Waals surface area (Å²) in [6.07, 6.45) is 32.6. The third kappa shape index (κ3) is 32.6. The smallest absolute Gasteiger partial charge is 0.423 e. The van der Waals surface area contributed by atoms with E-state index < -0.39 is 17.9 Å². The molecule has 12 nitrogen and oxygen atoms in total. The van der Waals surface area contributed by atoms with Gasteiger partial charge in [0.2, 0.25) is 0 Å². The van der Waals surface area contributed by atoms with Crippen molar-refractivity contribution in [2.45, 2.75) is 141 Å². The Morgan fingerprint density at radius 1 is 0.459 bits per heavy atom. The second-order valence-electron chi connectivity index (χ2n) is 14.3. The second-order valence-corrected chi connectivity index (χ2v) is 14.3. The number of ether oxygens (including phenoxy) is 2. The van der Waals surface area contributed by atoms with Crippen LogP contribution >= 0.6 is 0 Å². The van der Waals surface area contributed by atoms with Gasteiger partial charge in [0.1, 0.15) is 0 Å². The summed E-state index contributed by atoms with van der Waals surface area (Å²) in [7, 11) is 1.10. The van der Waals surface area contributed by atoms with E-state index in [4.69, 9.17) is 4.74 Å². The van der Waals surface area contributed by atoms with Crippen molar-refractivity contribution in [2.75, 3.05) is 85.8 Å². The van der Waals surface area contributed by atoms with E-state index in [0.717, 1.165) is 51.7 Å². The summed E-state index contributed by atoms with van der Waals surface area (Å²) in [6.45, 7) is 26.1. The van der Waals surface area contributed by atoms with E-state index in [9.17, 15) is 24.0 Å². The lowest BCUT2D eigenvalue weighted by molar-refractivity contribution is -0.137. The molecule has 5 aliphatic heterocycles. The monoisotopic (exact) mass is 862 g/mol. The van der Waals surface area contributed by atoms with Crippen LogP contribution in [-0.4, -0.2) is 140 Å². The van der Waals surface area contributed by atoms with Gasteiger partial charge in [-0.15, -0.1) is 0 Å². The van der Waals surface area contributed by atoms with Crippen LogP contribution in [0.4, 0.5) is 4.79 Å². The minimum Gasteiger partial charge on any atom is -0.452 e. The molecule has 5 heterocycles. The van der Waals surface area contributed by atoms with Gasteiger partial charge in [0.25, 0.3) is 23.6 Å². The summed E-state index contributed by atoms with van der Waals surface area (Å²) in [5.74, 6) is -1.67. The fourth-order valence-corrected chi connectivity index (χ4v) is 5.92. The Balaban J connectivity index is -0.000000321. The molecule has 5 aliphatic rings. The molecule has 0 spiro atoms. The summed E-state index contributed by atoms with van der Waals surface area (Å²) in [5.41, 5.74) is 0. The van der Waals surface area contributed by atoms with E-state index in [1.165, 1.54) is 134 Å². The number of hydrogen-bond donors (Lipinski definition) is 0. The average molecular weight is 862 g/mol. The fourth-order valence-electron chi connectivity index (χ4n) is 5.92. The Bertz CT molecular complexity index is 1150. The molecule has 0 saturated heterocycles. The molecule has 0 unspecified atom stereocenters. The molecular weight excluding hydrogens is 771 g/mol. The van der Waals surface area contributed by atoms with Crippen molar-refractivity contribution in [3.05, 3.63) is 60.8 Å².